The summed E-state index contributed by atoms with van der Waals surface area (Å²) in [6, 6.07) is 3.53. The van der Waals surface area contributed by atoms with Gasteiger partial charge >= 0.3 is 11.9 Å². The monoisotopic (exact) mass is 480 g/mol. The maximum atomic E-state index is 12.8. The maximum Gasteiger partial charge on any atom is 0.328 e. The molecule has 8 N–H and O–H groups in total. The molecule has 3 amide bonds. The summed E-state index contributed by atoms with van der Waals surface area (Å²) in [5.41, 5.74) is 6.78. The fourth-order valence-corrected chi connectivity index (χ4v) is 3.04. The van der Waals surface area contributed by atoms with E-state index in [1.807, 2.05) is 11.4 Å². The SMILES string of the molecule is CC(C)C(NC(=O)C(N)Cc1ccccc1)C(=O)NC(CC(=O)O)C(=O)NC(C(=O)O)C(C)O. The first kappa shape index (κ1) is 28.5. The average Bonchev–Trinajstić information content (AvgIpc) is 2.74. The van der Waals surface area contributed by atoms with Crippen LogP contribution in [0, 0.1) is 5.92 Å². The molecule has 0 radical (unpaired) electrons. The van der Waals surface area contributed by atoms with Crippen molar-refractivity contribution in [3.63, 3.8) is 0 Å². The van der Waals surface area contributed by atoms with E-state index in [2.05, 4.69) is 10.6 Å². The van der Waals surface area contributed by atoms with Gasteiger partial charge in [0.25, 0.3) is 0 Å². The molecular weight excluding hydrogens is 448 g/mol. The van der Waals surface area contributed by atoms with Crippen LogP contribution in [0.15, 0.2) is 30.3 Å². The third kappa shape index (κ3) is 9.16. The second kappa shape index (κ2) is 13.3. The van der Waals surface area contributed by atoms with Crippen LogP contribution in [0.25, 0.3) is 0 Å². The molecule has 34 heavy (non-hydrogen) atoms. The summed E-state index contributed by atoms with van der Waals surface area (Å²) in [5, 5.41) is 34.5. The molecule has 0 aliphatic carbocycles. The second-order valence-corrected chi connectivity index (χ2v) is 8.25. The molecule has 188 valence electrons. The predicted molar refractivity (Wildman–Crippen MR) is 120 cm³/mol. The number of carboxylic acids is 2. The molecule has 1 aromatic rings. The van der Waals surface area contributed by atoms with Crippen LogP contribution < -0.4 is 21.7 Å². The van der Waals surface area contributed by atoms with Crippen LogP contribution in [0.4, 0.5) is 0 Å². The number of nitrogens with two attached hydrogens (primary N) is 1. The number of hydrogen-bond donors (Lipinski definition) is 7. The van der Waals surface area contributed by atoms with Crippen LogP contribution in [0.5, 0.6) is 0 Å². The number of aliphatic hydroxyl groups is 1. The van der Waals surface area contributed by atoms with Gasteiger partial charge in [-0.25, -0.2) is 4.79 Å². The summed E-state index contributed by atoms with van der Waals surface area (Å²) in [7, 11) is 0. The first-order chi connectivity index (χ1) is 15.8. The van der Waals surface area contributed by atoms with Crippen LogP contribution in [0.3, 0.4) is 0 Å². The highest BCUT2D eigenvalue weighted by Crippen LogP contribution is 2.07. The van der Waals surface area contributed by atoms with Crippen LogP contribution in [-0.2, 0) is 30.4 Å². The second-order valence-electron chi connectivity index (χ2n) is 8.25. The zero-order valence-electron chi connectivity index (χ0n) is 19.2. The lowest BCUT2D eigenvalue weighted by atomic mass is 10.0. The number of aliphatic carboxylic acids is 2. The van der Waals surface area contributed by atoms with Crippen molar-refractivity contribution in [2.45, 2.75) is 63.9 Å². The lowest BCUT2D eigenvalue weighted by Crippen LogP contribution is -2.59. The predicted octanol–water partition coefficient (Wildman–Crippen LogP) is -1.39. The molecule has 1 rings (SSSR count). The molecule has 0 spiro atoms. The number of carbonyl (C=O) groups is 5. The molecule has 0 heterocycles. The smallest absolute Gasteiger partial charge is 0.328 e. The van der Waals surface area contributed by atoms with Gasteiger partial charge in [-0.3, -0.25) is 19.2 Å². The fraction of sp³-hybridized carbons (Fsp3) is 0.500. The van der Waals surface area contributed by atoms with Crippen molar-refractivity contribution in [3.05, 3.63) is 35.9 Å². The number of amides is 3. The molecule has 0 aliphatic rings. The number of hydrogen-bond acceptors (Lipinski definition) is 7. The number of aliphatic hydroxyl groups excluding tert-OH is 1. The Hall–Kier alpha value is -3.51. The molecule has 12 nitrogen and oxygen atoms in total. The van der Waals surface area contributed by atoms with E-state index in [9.17, 15) is 29.1 Å². The molecular formula is C22H32N4O8. The van der Waals surface area contributed by atoms with Crippen molar-refractivity contribution in [3.8, 4) is 0 Å². The minimum absolute atomic E-state index is 0.221. The van der Waals surface area contributed by atoms with Crippen LogP contribution >= 0.6 is 0 Å². The van der Waals surface area contributed by atoms with E-state index in [0.29, 0.717) is 0 Å². The van der Waals surface area contributed by atoms with E-state index in [-0.39, 0.29) is 6.42 Å². The molecule has 5 atom stereocenters. The Morgan fingerprint density at radius 3 is 1.88 bits per heavy atom. The van der Waals surface area contributed by atoms with Gasteiger partial charge < -0.3 is 37.0 Å². The van der Waals surface area contributed by atoms with Crippen molar-refractivity contribution in [2.24, 2.45) is 11.7 Å². The topological polar surface area (TPSA) is 208 Å². The minimum Gasteiger partial charge on any atom is -0.481 e. The van der Waals surface area contributed by atoms with Gasteiger partial charge in [0, 0.05) is 0 Å². The Morgan fingerprint density at radius 2 is 1.41 bits per heavy atom. The Labute approximate surface area is 196 Å². The molecule has 0 saturated heterocycles. The summed E-state index contributed by atoms with van der Waals surface area (Å²) < 4.78 is 0. The maximum absolute atomic E-state index is 12.8. The third-order valence-corrected chi connectivity index (χ3v) is 4.94. The zero-order chi connectivity index (χ0) is 26.0. The number of carboxylic acid groups (broad SMARTS) is 2. The normalized spacial score (nSPS) is 15.4. The number of benzene rings is 1. The van der Waals surface area contributed by atoms with E-state index >= 15 is 0 Å². The lowest BCUT2D eigenvalue weighted by Gasteiger charge is -2.26. The van der Waals surface area contributed by atoms with E-state index < -0.39 is 72.3 Å². The summed E-state index contributed by atoms with van der Waals surface area (Å²) in [4.78, 5) is 60.3. The van der Waals surface area contributed by atoms with E-state index in [1.165, 1.54) is 0 Å². The van der Waals surface area contributed by atoms with Crippen molar-refractivity contribution >= 4 is 29.7 Å². The quantitative estimate of drug-likeness (QED) is 0.177. The van der Waals surface area contributed by atoms with Crippen LogP contribution in [-0.4, -0.2) is 75.3 Å². The number of rotatable bonds is 13. The molecule has 0 saturated carbocycles. The Balaban J connectivity index is 2.93. The molecule has 1 aromatic carbocycles. The van der Waals surface area contributed by atoms with E-state index in [0.717, 1.165) is 12.5 Å². The zero-order valence-corrected chi connectivity index (χ0v) is 19.2. The van der Waals surface area contributed by atoms with Gasteiger partial charge in [-0.1, -0.05) is 44.2 Å². The van der Waals surface area contributed by atoms with Crippen molar-refractivity contribution in [2.75, 3.05) is 0 Å². The van der Waals surface area contributed by atoms with Gasteiger partial charge in [0.05, 0.1) is 18.6 Å². The van der Waals surface area contributed by atoms with Crippen molar-refractivity contribution in [1.29, 1.82) is 0 Å². The lowest BCUT2D eigenvalue weighted by molar-refractivity contribution is -0.146. The van der Waals surface area contributed by atoms with Gasteiger partial charge in [0.2, 0.25) is 17.7 Å². The highest BCUT2D eigenvalue weighted by atomic mass is 16.4. The summed E-state index contributed by atoms with van der Waals surface area (Å²) in [5.74, 6) is -6.00. The third-order valence-electron chi connectivity index (χ3n) is 4.94. The molecule has 0 fully saturated rings. The van der Waals surface area contributed by atoms with E-state index in [4.69, 9.17) is 15.9 Å². The van der Waals surface area contributed by atoms with Gasteiger partial charge in [-0.05, 0) is 24.8 Å². The molecule has 0 aliphatic heterocycles. The van der Waals surface area contributed by atoms with Crippen molar-refractivity contribution < 1.29 is 39.3 Å². The Morgan fingerprint density at radius 1 is 0.853 bits per heavy atom. The number of nitrogens with one attached hydrogen (secondary N) is 3. The van der Waals surface area contributed by atoms with Gasteiger partial charge in [-0.2, -0.15) is 0 Å². The summed E-state index contributed by atoms with van der Waals surface area (Å²) >= 11 is 0. The minimum atomic E-state index is -1.71. The first-order valence-electron chi connectivity index (χ1n) is 10.7. The highest BCUT2D eigenvalue weighted by Gasteiger charge is 2.33. The van der Waals surface area contributed by atoms with Crippen LogP contribution in [0.1, 0.15) is 32.8 Å². The van der Waals surface area contributed by atoms with E-state index in [1.54, 1.807) is 38.1 Å². The first-order valence-corrected chi connectivity index (χ1v) is 10.7. The molecule has 5 unspecified atom stereocenters. The Bertz CT molecular complexity index is 875. The van der Waals surface area contributed by atoms with Gasteiger partial charge in [-0.15, -0.1) is 0 Å². The summed E-state index contributed by atoms with van der Waals surface area (Å²) in [6.07, 6.45) is -2.11. The van der Waals surface area contributed by atoms with Gasteiger partial charge in [0.15, 0.2) is 6.04 Å². The summed E-state index contributed by atoms with van der Waals surface area (Å²) in [6.45, 7) is 4.40. The average molecular weight is 481 g/mol. The Kier molecular flexibility index (Phi) is 11.1. The molecule has 12 heteroatoms. The highest BCUT2D eigenvalue weighted by molar-refractivity contribution is 5.95. The fourth-order valence-electron chi connectivity index (χ4n) is 3.04. The van der Waals surface area contributed by atoms with Crippen LogP contribution in [0.2, 0.25) is 0 Å². The van der Waals surface area contributed by atoms with Gasteiger partial charge in [0.1, 0.15) is 12.1 Å². The largest absolute Gasteiger partial charge is 0.481 e. The molecule has 0 aromatic heterocycles. The molecule has 0 bridgehead atoms. The number of carbonyl (C=O) groups excluding carboxylic acids is 3. The van der Waals surface area contributed by atoms with Crippen molar-refractivity contribution in [1.82, 2.24) is 16.0 Å². The standard InChI is InChI=1S/C22H32N4O8/c1-11(2)17(25-19(30)14(23)9-13-7-5-4-6-8-13)21(32)24-15(10-16(28)29)20(31)26-18(12(3)27)22(33)34/h4-8,11-12,14-15,17-18,27H,9-10,23H2,1-3H3,(H,24,32)(H,25,30)(H,26,31)(H,28,29)(H,33,34).